The zero-order valence-corrected chi connectivity index (χ0v) is 11.3. The molecule has 0 amide bonds. The van der Waals surface area contributed by atoms with Gasteiger partial charge in [0.25, 0.3) is 5.91 Å². The molecule has 5 nitrogen and oxygen atoms in total. The Morgan fingerprint density at radius 1 is 1.25 bits per heavy atom. The summed E-state index contributed by atoms with van der Waals surface area (Å²) < 4.78 is 6.43. The van der Waals surface area contributed by atoms with Gasteiger partial charge in [-0.05, 0) is 30.3 Å². The van der Waals surface area contributed by atoms with Gasteiger partial charge in [-0.2, -0.15) is 4.68 Å². The number of ether oxygens (including phenoxy) is 1. The van der Waals surface area contributed by atoms with E-state index in [0.29, 0.717) is 27.4 Å². The number of fused-ring (bicyclic) bond motifs is 1. The third-order valence-electron chi connectivity index (χ3n) is 2.94. The van der Waals surface area contributed by atoms with Gasteiger partial charge in [-0.3, -0.25) is 4.79 Å². The second kappa shape index (κ2) is 4.94. The van der Waals surface area contributed by atoms with Crippen LogP contribution in [0.5, 0.6) is 5.75 Å². The van der Waals surface area contributed by atoms with E-state index in [1.54, 1.807) is 30.3 Å². The summed E-state index contributed by atoms with van der Waals surface area (Å²) in [7, 11) is 1.50. The van der Waals surface area contributed by atoms with Gasteiger partial charge in [0.1, 0.15) is 11.3 Å². The summed E-state index contributed by atoms with van der Waals surface area (Å²) in [6, 6.07) is 12.1. The van der Waals surface area contributed by atoms with Crippen molar-refractivity contribution in [1.29, 1.82) is 0 Å². The first-order chi connectivity index (χ1) is 9.70. The smallest absolute Gasteiger partial charge is 0.283 e. The van der Waals surface area contributed by atoms with Gasteiger partial charge in [0.15, 0.2) is 0 Å². The summed E-state index contributed by atoms with van der Waals surface area (Å²) in [4.78, 5) is 12.6. The van der Waals surface area contributed by atoms with E-state index in [2.05, 4.69) is 10.3 Å². The molecule has 0 N–H and O–H groups in total. The minimum Gasteiger partial charge on any atom is -0.496 e. The highest BCUT2D eigenvalue weighted by Crippen LogP contribution is 2.24. The maximum Gasteiger partial charge on any atom is 0.283 e. The number of nitrogens with zero attached hydrogens (tertiary/aromatic N) is 3. The number of carbonyl (C=O) groups is 1. The predicted molar refractivity (Wildman–Crippen MR) is 75.3 cm³/mol. The number of benzene rings is 2. The Kier molecular flexibility index (Phi) is 3.12. The van der Waals surface area contributed by atoms with Gasteiger partial charge in [0, 0.05) is 5.02 Å². The van der Waals surface area contributed by atoms with E-state index in [1.807, 2.05) is 12.1 Å². The molecule has 0 fully saturated rings. The molecular weight excluding hydrogens is 278 g/mol. The average molecular weight is 288 g/mol. The second-order valence-electron chi connectivity index (χ2n) is 4.14. The normalized spacial score (nSPS) is 10.7. The van der Waals surface area contributed by atoms with Crippen LogP contribution in [0.1, 0.15) is 10.4 Å². The van der Waals surface area contributed by atoms with E-state index in [9.17, 15) is 4.79 Å². The molecule has 0 spiro atoms. The van der Waals surface area contributed by atoms with Crippen molar-refractivity contribution in [3.05, 3.63) is 53.1 Å². The van der Waals surface area contributed by atoms with E-state index >= 15 is 0 Å². The van der Waals surface area contributed by atoms with Crippen LogP contribution >= 0.6 is 11.6 Å². The van der Waals surface area contributed by atoms with Crippen LogP contribution in [-0.2, 0) is 0 Å². The third kappa shape index (κ3) is 2.02. The lowest BCUT2D eigenvalue weighted by molar-refractivity contribution is 0.0945. The first-order valence-corrected chi connectivity index (χ1v) is 6.27. The van der Waals surface area contributed by atoms with E-state index < -0.39 is 0 Å². The lowest BCUT2D eigenvalue weighted by Crippen LogP contribution is -2.14. The molecule has 3 aromatic rings. The molecule has 0 bridgehead atoms. The molecule has 0 aliphatic rings. The Bertz CT molecular complexity index is 798. The number of rotatable bonds is 2. The predicted octanol–water partition coefficient (Wildman–Crippen LogP) is 2.78. The van der Waals surface area contributed by atoms with Crippen molar-refractivity contribution in [1.82, 2.24) is 15.0 Å². The Balaban J connectivity index is 2.15. The molecule has 0 atom stereocenters. The van der Waals surface area contributed by atoms with Gasteiger partial charge in [-0.25, -0.2) is 0 Å². The summed E-state index contributed by atoms with van der Waals surface area (Å²) in [6.07, 6.45) is 0. The summed E-state index contributed by atoms with van der Waals surface area (Å²) in [5, 5.41) is 8.31. The van der Waals surface area contributed by atoms with Crippen molar-refractivity contribution in [2.24, 2.45) is 0 Å². The first-order valence-electron chi connectivity index (χ1n) is 5.89. The summed E-state index contributed by atoms with van der Waals surface area (Å²) in [5.41, 5.74) is 1.64. The molecule has 0 radical (unpaired) electrons. The fourth-order valence-electron chi connectivity index (χ4n) is 1.98. The molecule has 1 aromatic heterocycles. The van der Waals surface area contributed by atoms with Crippen LogP contribution in [0.15, 0.2) is 42.5 Å². The van der Waals surface area contributed by atoms with Crippen LogP contribution in [0.25, 0.3) is 11.0 Å². The molecule has 2 aromatic carbocycles. The van der Waals surface area contributed by atoms with Crippen LogP contribution in [0.4, 0.5) is 0 Å². The van der Waals surface area contributed by atoms with Gasteiger partial charge in [0.2, 0.25) is 0 Å². The summed E-state index contributed by atoms with van der Waals surface area (Å²) in [5.74, 6) is 0.108. The SMILES string of the molecule is COc1ccc(Cl)cc1C(=O)n1nnc2ccccc21. The van der Waals surface area contributed by atoms with E-state index in [1.165, 1.54) is 11.8 Å². The van der Waals surface area contributed by atoms with Crippen molar-refractivity contribution in [2.75, 3.05) is 7.11 Å². The van der Waals surface area contributed by atoms with Crippen LogP contribution < -0.4 is 4.74 Å². The van der Waals surface area contributed by atoms with E-state index in [0.717, 1.165) is 0 Å². The number of carbonyl (C=O) groups excluding carboxylic acids is 1. The monoisotopic (exact) mass is 287 g/mol. The number of hydrogen-bond acceptors (Lipinski definition) is 4. The van der Waals surface area contributed by atoms with Crippen LogP contribution in [0, 0.1) is 0 Å². The Morgan fingerprint density at radius 2 is 2.05 bits per heavy atom. The summed E-state index contributed by atoms with van der Waals surface area (Å²) in [6.45, 7) is 0. The molecule has 100 valence electrons. The number of methoxy groups -OCH3 is 1. The Morgan fingerprint density at radius 3 is 2.85 bits per heavy atom. The van der Waals surface area contributed by atoms with Crippen molar-refractivity contribution in [3.8, 4) is 5.75 Å². The summed E-state index contributed by atoms with van der Waals surface area (Å²) >= 11 is 5.94. The topological polar surface area (TPSA) is 57.0 Å². The maximum atomic E-state index is 12.6. The zero-order valence-electron chi connectivity index (χ0n) is 10.6. The number of hydrogen-bond donors (Lipinski definition) is 0. The molecule has 0 aliphatic heterocycles. The third-order valence-corrected chi connectivity index (χ3v) is 3.17. The van der Waals surface area contributed by atoms with Gasteiger partial charge >= 0.3 is 0 Å². The molecule has 3 rings (SSSR count). The molecule has 0 saturated heterocycles. The maximum absolute atomic E-state index is 12.6. The van der Waals surface area contributed by atoms with Crippen molar-refractivity contribution in [2.45, 2.75) is 0 Å². The van der Waals surface area contributed by atoms with Gasteiger partial charge in [-0.1, -0.05) is 28.9 Å². The highest BCUT2D eigenvalue weighted by molar-refractivity contribution is 6.31. The number of halogens is 1. The zero-order chi connectivity index (χ0) is 14.1. The molecular formula is C14H10ClN3O2. The number of aromatic nitrogens is 3. The van der Waals surface area contributed by atoms with Crippen LogP contribution in [0.3, 0.4) is 0 Å². The fourth-order valence-corrected chi connectivity index (χ4v) is 2.15. The molecule has 1 heterocycles. The molecule has 0 unspecified atom stereocenters. The minimum absolute atomic E-state index is 0.335. The average Bonchev–Trinajstić information content (AvgIpc) is 2.90. The van der Waals surface area contributed by atoms with E-state index in [4.69, 9.17) is 16.3 Å². The van der Waals surface area contributed by atoms with Crippen LogP contribution in [-0.4, -0.2) is 28.0 Å². The van der Waals surface area contributed by atoms with Gasteiger partial charge in [0.05, 0.1) is 18.2 Å². The molecule has 0 saturated carbocycles. The largest absolute Gasteiger partial charge is 0.496 e. The van der Waals surface area contributed by atoms with Gasteiger partial charge < -0.3 is 4.74 Å². The first kappa shape index (κ1) is 12.6. The lowest BCUT2D eigenvalue weighted by Gasteiger charge is -2.07. The number of para-hydroxylation sites is 1. The van der Waals surface area contributed by atoms with Crippen LogP contribution in [0.2, 0.25) is 5.02 Å². The van der Waals surface area contributed by atoms with Crippen molar-refractivity contribution >= 4 is 28.5 Å². The van der Waals surface area contributed by atoms with E-state index in [-0.39, 0.29) is 5.91 Å². The molecule has 20 heavy (non-hydrogen) atoms. The Labute approximate surface area is 119 Å². The quantitative estimate of drug-likeness (QED) is 0.727. The Hall–Kier alpha value is -2.40. The standard InChI is InChI=1S/C14H10ClN3O2/c1-20-13-7-6-9(15)8-10(13)14(19)18-12-5-3-2-4-11(12)16-17-18/h2-8H,1H3. The van der Waals surface area contributed by atoms with Crippen molar-refractivity contribution in [3.63, 3.8) is 0 Å². The lowest BCUT2D eigenvalue weighted by atomic mass is 10.2. The second-order valence-corrected chi connectivity index (χ2v) is 4.58. The highest BCUT2D eigenvalue weighted by atomic mass is 35.5. The molecule has 6 heteroatoms. The highest BCUT2D eigenvalue weighted by Gasteiger charge is 2.18. The molecule has 0 aliphatic carbocycles. The minimum atomic E-state index is -0.335. The fraction of sp³-hybridized carbons (Fsp3) is 0.0714. The van der Waals surface area contributed by atoms with Gasteiger partial charge in [-0.15, -0.1) is 5.10 Å². The van der Waals surface area contributed by atoms with Crippen molar-refractivity contribution < 1.29 is 9.53 Å².